The van der Waals surface area contributed by atoms with Crippen LogP contribution in [0.25, 0.3) is 11.0 Å². The van der Waals surface area contributed by atoms with Crippen molar-refractivity contribution in [2.45, 2.75) is 31.7 Å². The van der Waals surface area contributed by atoms with Gasteiger partial charge in [-0.25, -0.2) is 13.2 Å². The van der Waals surface area contributed by atoms with Crippen LogP contribution >= 0.6 is 0 Å². The summed E-state index contributed by atoms with van der Waals surface area (Å²) in [5.74, 6) is -0.426. The Bertz CT molecular complexity index is 1160. The van der Waals surface area contributed by atoms with Crippen molar-refractivity contribution >= 4 is 32.7 Å². The molecule has 1 atom stereocenters. The second-order valence-electron chi connectivity index (χ2n) is 6.53. The zero-order valence-corrected chi connectivity index (χ0v) is 16.6. The number of carbonyl (C=O) groups is 1. The third kappa shape index (κ3) is 3.85. The van der Waals surface area contributed by atoms with Crippen molar-refractivity contribution in [2.75, 3.05) is 11.9 Å². The molecule has 2 aromatic carbocycles. The highest BCUT2D eigenvalue weighted by atomic mass is 32.2. The van der Waals surface area contributed by atoms with Crippen LogP contribution in [0.5, 0.6) is 0 Å². The molecule has 0 aliphatic heterocycles. The second kappa shape index (κ2) is 7.61. The number of imidazole rings is 1. The molecule has 3 N–H and O–H groups in total. The van der Waals surface area contributed by atoms with E-state index < -0.39 is 27.7 Å². The van der Waals surface area contributed by atoms with Gasteiger partial charge < -0.3 is 15.3 Å². The first-order valence-electron chi connectivity index (χ1n) is 8.84. The Morgan fingerprint density at radius 2 is 1.75 bits per heavy atom. The molecule has 0 saturated heterocycles. The van der Waals surface area contributed by atoms with Gasteiger partial charge in [0.2, 0.25) is 15.9 Å². The van der Waals surface area contributed by atoms with Gasteiger partial charge in [0.25, 0.3) is 0 Å². The molecular formula is C19H22N4O4S. The molecular weight excluding hydrogens is 380 g/mol. The SMILES string of the molecule is CCN([C@@H](C)C(=O)Nc1ccc(C)cc1)S(=O)(=O)c1ccc2[nH]c(=O)[nH]c2c1. The summed E-state index contributed by atoms with van der Waals surface area (Å²) in [6.07, 6.45) is 0. The van der Waals surface area contributed by atoms with E-state index in [4.69, 9.17) is 0 Å². The van der Waals surface area contributed by atoms with Crippen LogP contribution in [0.2, 0.25) is 0 Å². The minimum atomic E-state index is -3.94. The molecule has 0 aliphatic rings. The smallest absolute Gasteiger partial charge is 0.323 e. The first kappa shape index (κ1) is 19.8. The largest absolute Gasteiger partial charge is 0.325 e. The summed E-state index contributed by atoms with van der Waals surface area (Å²) >= 11 is 0. The number of H-pyrrole nitrogens is 2. The number of amides is 1. The van der Waals surface area contributed by atoms with Crippen LogP contribution in [-0.2, 0) is 14.8 Å². The molecule has 3 rings (SSSR count). The number of benzene rings is 2. The Balaban J connectivity index is 1.87. The molecule has 1 aromatic heterocycles. The summed E-state index contributed by atoms with van der Waals surface area (Å²) in [4.78, 5) is 29.1. The predicted molar refractivity (Wildman–Crippen MR) is 108 cm³/mol. The molecule has 0 bridgehead atoms. The van der Waals surface area contributed by atoms with Crippen molar-refractivity contribution in [3.05, 3.63) is 58.5 Å². The number of hydrogen-bond acceptors (Lipinski definition) is 4. The van der Waals surface area contributed by atoms with Gasteiger partial charge in [0.15, 0.2) is 0 Å². The fourth-order valence-corrected chi connectivity index (χ4v) is 4.60. The zero-order chi connectivity index (χ0) is 20.5. The summed E-state index contributed by atoms with van der Waals surface area (Å²) in [7, 11) is -3.94. The number of aromatic nitrogens is 2. The lowest BCUT2D eigenvalue weighted by atomic mass is 10.2. The van der Waals surface area contributed by atoms with Gasteiger partial charge in [-0.2, -0.15) is 4.31 Å². The third-order valence-corrected chi connectivity index (χ3v) is 6.58. The average molecular weight is 402 g/mol. The van der Waals surface area contributed by atoms with Gasteiger partial charge in [0.05, 0.1) is 15.9 Å². The molecule has 0 saturated carbocycles. The number of anilines is 1. The van der Waals surface area contributed by atoms with Crippen LogP contribution in [0.1, 0.15) is 19.4 Å². The van der Waals surface area contributed by atoms with Crippen molar-refractivity contribution in [3.8, 4) is 0 Å². The number of aryl methyl sites for hydroxylation is 1. The molecule has 9 heteroatoms. The lowest BCUT2D eigenvalue weighted by molar-refractivity contribution is -0.119. The number of nitrogens with one attached hydrogen (secondary N) is 3. The quantitative estimate of drug-likeness (QED) is 0.586. The minimum absolute atomic E-state index is 0.00656. The van der Waals surface area contributed by atoms with Crippen molar-refractivity contribution in [2.24, 2.45) is 0 Å². The van der Waals surface area contributed by atoms with Crippen LogP contribution in [0, 0.1) is 6.92 Å². The Morgan fingerprint density at radius 1 is 1.11 bits per heavy atom. The van der Waals surface area contributed by atoms with E-state index in [1.807, 2.05) is 19.1 Å². The number of carbonyl (C=O) groups excluding carboxylic acids is 1. The van der Waals surface area contributed by atoms with E-state index in [9.17, 15) is 18.0 Å². The van der Waals surface area contributed by atoms with Gasteiger partial charge in [-0.05, 0) is 44.2 Å². The van der Waals surface area contributed by atoms with Crippen molar-refractivity contribution in [1.29, 1.82) is 0 Å². The number of rotatable bonds is 6. The lowest BCUT2D eigenvalue weighted by Gasteiger charge is -2.26. The Labute approximate surface area is 162 Å². The highest BCUT2D eigenvalue weighted by Crippen LogP contribution is 2.22. The Morgan fingerprint density at radius 3 is 2.39 bits per heavy atom. The molecule has 148 valence electrons. The van der Waals surface area contributed by atoms with E-state index in [2.05, 4.69) is 15.3 Å². The zero-order valence-electron chi connectivity index (χ0n) is 15.8. The summed E-state index contributed by atoms with van der Waals surface area (Å²) in [6, 6.07) is 10.7. The Hall–Kier alpha value is -2.91. The molecule has 1 heterocycles. The topological polar surface area (TPSA) is 115 Å². The maximum absolute atomic E-state index is 13.1. The number of sulfonamides is 1. The summed E-state index contributed by atoms with van der Waals surface area (Å²) in [6.45, 7) is 5.27. The number of hydrogen-bond donors (Lipinski definition) is 3. The Kier molecular flexibility index (Phi) is 5.39. The second-order valence-corrected chi connectivity index (χ2v) is 8.42. The number of likely N-dealkylation sites (N-methyl/N-ethyl adjacent to an activating group) is 1. The summed E-state index contributed by atoms with van der Waals surface area (Å²) in [5.41, 5.74) is 2.14. The minimum Gasteiger partial charge on any atom is -0.325 e. The van der Waals surface area contributed by atoms with E-state index in [0.717, 1.165) is 9.87 Å². The highest BCUT2D eigenvalue weighted by Gasteiger charge is 2.32. The number of fused-ring (bicyclic) bond motifs is 1. The molecule has 28 heavy (non-hydrogen) atoms. The van der Waals surface area contributed by atoms with Crippen LogP contribution in [-0.4, -0.2) is 41.2 Å². The normalized spacial score (nSPS) is 13.0. The van der Waals surface area contributed by atoms with Gasteiger partial charge in [-0.15, -0.1) is 0 Å². The van der Waals surface area contributed by atoms with Crippen molar-refractivity contribution < 1.29 is 13.2 Å². The van der Waals surface area contributed by atoms with E-state index in [1.165, 1.54) is 18.2 Å². The van der Waals surface area contributed by atoms with E-state index in [-0.39, 0.29) is 11.4 Å². The lowest BCUT2D eigenvalue weighted by Crippen LogP contribution is -2.45. The van der Waals surface area contributed by atoms with Gasteiger partial charge in [-0.3, -0.25) is 4.79 Å². The van der Waals surface area contributed by atoms with Crippen LogP contribution in [0.15, 0.2) is 52.2 Å². The van der Waals surface area contributed by atoms with E-state index >= 15 is 0 Å². The van der Waals surface area contributed by atoms with Gasteiger partial charge in [0, 0.05) is 12.2 Å². The standard InChI is InChI=1S/C19H22N4O4S/c1-4-23(13(3)18(24)20-14-7-5-12(2)6-8-14)28(26,27)15-9-10-16-17(11-15)22-19(25)21-16/h5-11,13H,4H2,1-3H3,(H,20,24)(H2,21,22,25)/t13-/m0/s1. The predicted octanol–water partition coefficient (Wildman–Crippen LogP) is 2.20. The van der Waals surface area contributed by atoms with Crippen molar-refractivity contribution in [3.63, 3.8) is 0 Å². The molecule has 0 aliphatic carbocycles. The monoisotopic (exact) mass is 402 g/mol. The molecule has 8 nitrogen and oxygen atoms in total. The summed E-state index contributed by atoms with van der Waals surface area (Å²) in [5, 5.41) is 2.74. The maximum atomic E-state index is 13.1. The van der Waals surface area contributed by atoms with E-state index in [0.29, 0.717) is 16.7 Å². The first-order chi connectivity index (χ1) is 13.2. The third-order valence-electron chi connectivity index (χ3n) is 4.54. The molecule has 0 spiro atoms. The molecule has 0 fully saturated rings. The molecule has 1 amide bonds. The number of aromatic amines is 2. The van der Waals surface area contributed by atoms with Crippen LogP contribution < -0.4 is 11.0 Å². The fourth-order valence-electron chi connectivity index (χ4n) is 2.97. The summed E-state index contributed by atoms with van der Waals surface area (Å²) < 4.78 is 27.3. The molecule has 3 aromatic rings. The van der Waals surface area contributed by atoms with Gasteiger partial charge in [0.1, 0.15) is 6.04 Å². The van der Waals surface area contributed by atoms with Crippen LogP contribution in [0.3, 0.4) is 0 Å². The number of nitrogens with zero attached hydrogens (tertiary/aromatic N) is 1. The van der Waals surface area contributed by atoms with Crippen molar-refractivity contribution in [1.82, 2.24) is 14.3 Å². The van der Waals surface area contributed by atoms with Gasteiger partial charge in [-0.1, -0.05) is 24.6 Å². The molecule has 0 unspecified atom stereocenters. The van der Waals surface area contributed by atoms with Gasteiger partial charge >= 0.3 is 5.69 Å². The van der Waals surface area contributed by atoms with Crippen LogP contribution in [0.4, 0.5) is 5.69 Å². The maximum Gasteiger partial charge on any atom is 0.323 e. The first-order valence-corrected chi connectivity index (χ1v) is 10.3. The molecule has 0 radical (unpaired) electrons. The fraction of sp³-hybridized carbons (Fsp3) is 0.263. The highest BCUT2D eigenvalue weighted by molar-refractivity contribution is 7.89. The van der Waals surface area contributed by atoms with E-state index in [1.54, 1.807) is 26.0 Å². The average Bonchev–Trinajstić information content (AvgIpc) is 3.03.